The lowest BCUT2D eigenvalue weighted by molar-refractivity contribution is -0.139. The molecule has 2 aliphatic rings. The van der Waals surface area contributed by atoms with Gasteiger partial charge in [0.05, 0.1) is 23.1 Å². The van der Waals surface area contributed by atoms with Crippen LogP contribution in [0.25, 0.3) is 16.9 Å². The number of amides is 2. The Bertz CT molecular complexity index is 1270. The number of nitrogens with one attached hydrogen (secondary N) is 2. The van der Waals surface area contributed by atoms with Gasteiger partial charge in [0, 0.05) is 18.3 Å². The summed E-state index contributed by atoms with van der Waals surface area (Å²) in [6, 6.07) is 7.78. The first kappa shape index (κ1) is 25.3. The molecule has 3 heterocycles. The molecule has 2 unspecified atom stereocenters. The third-order valence-electron chi connectivity index (χ3n) is 7.99. The molecule has 3 atom stereocenters. The second-order valence-corrected chi connectivity index (χ2v) is 10.2. The fourth-order valence-electron chi connectivity index (χ4n) is 5.79. The second kappa shape index (κ2) is 11.0. The summed E-state index contributed by atoms with van der Waals surface area (Å²) in [5, 5.41) is 6.00. The molecule has 2 fully saturated rings. The van der Waals surface area contributed by atoms with Crippen LogP contribution in [0.4, 0.5) is 4.39 Å². The molecule has 0 spiro atoms. The van der Waals surface area contributed by atoms with Gasteiger partial charge in [-0.3, -0.25) is 14.2 Å². The van der Waals surface area contributed by atoms with Crippen LogP contribution in [-0.2, 0) is 9.59 Å². The molecule has 2 aromatic heterocycles. The number of benzene rings is 1. The Morgan fingerprint density at radius 3 is 2.62 bits per heavy atom. The predicted octanol–water partition coefficient (Wildman–Crippen LogP) is 3.90. The number of carbonyl (C=O) groups excluding carboxylic acids is 2. The smallest absolute Gasteiger partial charge is 0.245 e. The van der Waals surface area contributed by atoms with Crippen molar-refractivity contribution in [1.29, 1.82) is 0 Å². The Morgan fingerprint density at radius 1 is 1.05 bits per heavy atom. The van der Waals surface area contributed by atoms with Crippen LogP contribution in [0.3, 0.4) is 0 Å². The molecule has 1 aliphatic heterocycles. The van der Waals surface area contributed by atoms with Gasteiger partial charge >= 0.3 is 0 Å². The highest BCUT2D eigenvalue weighted by Crippen LogP contribution is 2.37. The third kappa shape index (κ3) is 4.97. The van der Waals surface area contributed by atoms with Gasteiger partial charge in [0.2, 0.25) is 11.8 Å². The van der Waals surface area contributed by atoms with E-state index in [4.69, 9.17) is 0 Å². The Kier molecular flexibility index (Phi) is 7.50. The lowest BCUT2D eigenvalue weighted by atomic mass is 9.83. The predicted molar refractivity (Wildman–Crippen MR) is 140 cm³/mol. The van der Waals surface area contributed by atoms with E-state index < -0.39 is 23.9 Å². The fourth-order valence-corrected chi connectivity index (χ4v) is 5.79. The first-order valence-corrected chi connectivity index (χ1v) is 13.3. The van der Waals surface area contributed by atoms with Gasteiger partial charge < -0.3 is 15.5 Å². The molecule has 1 aromatic carbocycles. The SMILES string of the molecule is CNC(C)C(=O)N[C@H](C(=O)N1CCCC1c1ccnc(-n2cnc3ccccc32)c1F)C1CCCCC1. The summed E-state index contributed by atoms with van der Waals surface area (Å²) in [5.74, 6) is -0.489. The van der Waals surface area contributed by atoms with Crippen molar-refractivity contribution in [3.05, 3.63) is 54.2 Å². The fraction of sp³-hybridized carbons (Fsp3) is 0.500. The summed E-state index contributed by atoms with van der Waals surface area (Å²) in [5.41, 5.74) is 1.98. The molecule has 2 amide bonds. The minimum absolute atomic E-state index is 0.0886. The highest BCUT2D eigenvalue weighted by Gasteiger charge is 2.40. The lowest BCUT2D eigenvalue weighted by Crippen LogP contribution is -2.55. The maximum absolute atomic E-state index is 16.0. The van der Waals surface area contributed by atoms with Gasteiger partial charge in [-0.1, -0.05) is 31.4 Å². The van der Waals surface area contributed by atoms with E-state index in [-0.39, 0.29) is 23.6 Å². The number of nitrogens with zero attached hydrogens (tertiary/aromatic N) is 4. The third-order valence-corrected chi connectivity index (χ3v) is 7.99. The number of aromatic nitrogens is 3. The van der Waals surface area contributed by atoms with E-state index >= 15 is 4.39 Å². The van der Waals surface area contributed by atoms with Gasteiger partial charge in [0.1, 0.15) is 12.4 Å². The maximum atomic E-state index is 16.0. The van der Waals surface area contributed by atoms with Crippen molar-refractivity contribution in [1.82, 2.24) is 30.1 Å². The second-order valence-electron chi connectivity index (χ2n) is 10.2. The molecule has 0 bridgehead atoms. The average Bonchev–Trinajstić information content (AvgIpc) is 3.59. The van der Waals surface area contributed by atoms with Crippen LogP contribution in [-0.4, -0.2) is 56.9 Å². The largest absolute Gasteiger partial charge is 0.343 e. The summed E-state index contributed by atoms with van der Waals surface area (Å²) < 4.78 is 17.7. The number of fused-ring (bicyclic) bond motifs is 1. The van der Waals surface area contributed by atoms with E-state index in [1.54, 1.807) is 42.0 Å². The Morgan fingerprint density at radius 2 is 1.84 bits per heavy atom. The number of rotatable bonds is 7. The van der Waals surface area contributed by atoms with Gasteiger partial charge in [-0.05, 0) is 63.8 Å². The van der Waals surface area contributed by atoms with Gasteiger partial charge in [-0.15, -0.1) is 0 Å². The summed E-state index contributed by atoms with van der Waals surface area (Å²) >= 11 is 0. The minimum Gasteiger partial charge on any atom is -0.343 e. The van der Waals surface area contributed by atoms with Gasteiger partial charge in [-0.2, -0.15) is 0 Å². The molecular weight excluding hydrogens is 471 g/mol. The molecule has 1 saturated heterocycles. The molecule has 3 aromatic rings. The number of para-hydroxylation sites is 2. The van der Waals surface area contributed by atoms with Crippen LogP contribution in [0.5, 0.6) is 0 Å². The van der Waals surface area contributed by atoms with Crippen LogP contribution < -0.4 is 10.6 Å². The molecule has 9 heteroatoms. The van der Waals surface area contributed by atoms with Crippen molar-refractivity contribution in [3.8, 4) is 5.82 Å². The van der Waals surface area contributed by atoms with Gasteiger partial charge in [0.25, 0.3) is 0 Å². The number of halogens is 1. The zero-order valence-electron chi connectivity index (χ0n) is 21.5. The summed E-state index contributed by atoms with van der Waals surface area (Å²) in [6.07, 6.45) is 9.68. The highest BCUT2D eigenvalue weighted by atomic mass is 19.1. The summed E-state index contributed by atoms with van der Waals surface area (Å²) in [7, 11) is 1.73. The van der Waals surface area contributed by atoms with Crippen molar-refractivity contribution < 1.29 is 14.0 Å². The molecule has 5 rings (SSSR count). The van der Waals surface area contributed by atoms with Crippen molar-refractivity contribution in [2.45, 2.75) is 70.0 Å². The molecule has 37 heavy (non-hydrogen) atoms. The zero-order chi connectivity index (χ0) is 25.9. The van der Waals surface area contributed by atoms with E-state index in [9.17, 15) is 9.59 Å². The van der Waals surface area contributed by atoms with Crippen molar-refractivity contribution in [2.24, 2.45) is 5.92 Å². The van der Waals surface area contributed by atoms with Gasteiger partial charge in [0.15, 0.2) is 11.6 Å². The summed E-state index contributed by atoms with van der Waals surface area (Å²) in [6.45, 7) is 2.32. The first-order valence-electron chi connectivity index (χ1n) is 13.3. The molecule has 1 aliphatic carbocycles. The van der Waals surface area contributed by atoms with Crippen LogP contribution in [0.1, 0.15) is 63.5 Å². The van der Waals surface area contributed by atoms with E-state index in [0.717, 1.165) is 49.6 Å². The first-order chi connectivity index (χ1) is 18.0. The Hall–Kier alpha value is -3.33. The number of hydrogen-bond acceptors (Lipinski definition) is 5. The van der Waals surface area contributed by atoms with Crippen molar-refractivity contribution >= 4 is 22.8 Å². The standard InChI is InChI=1S/C28H35FN6O2/c1-18(30-2)27(36)33-25(19-9-4-3-5-10-19)28(37)34-16-8-13-22(34)20-14-15-31-26(24(20)29)35-17-32-21-11-6-7-12-23(21)35/h6-7,11-12,14-15,17-19,22,25,30H,3-5,8-10,13,16H2,1-2H3,(H,33,36)/t18?,22?,25-/m0/s1. The quantitative estimate of drug-likeness (QED) is 0.507. The number of pyridine rings is 1. The van der Waals surface area contributed by atoms with E-state index in [0.29, 0.717) is 18.5 Å². The number of imidazole rings is 1. The topological polar surface area (TPSA) is 92.2 Å². The molecule has 196 valence electrons. The van der Waals surface area contributed by atoms with E-state index in [1.807, 2.05) is 24.3 Å². The Labute approximate surface area is 216 Å². The van der Waals surface area contributed by atoms with E-state index in [1.165, 1.54) is 0 Å². The number of likely N-dealkylation sites (N-methyl/N-ethyl adjacent to an activating group) is 1. The zero-order valence-corrected chi connectivity index (χ0v) is 21.5. The lowest BCUT2D eigenvalue weighted by Gasteiger charge is -2.35. The minimum atomic E-state index is -0.605. The molecule has 2 N–H and O–H groups in total. The molecule has 1 saturated carbocycles. The van der Waals surface area contributed by atoms with Crippen molar-refractivity contribution in [3.63, 3.8) is 0 Å². The normalized spacial score (nSPS) is 20.2. The van der Waals surface area contributed by atoms with Crippen LogP contribution in [0.2, 0.25) is 0 Å². The van der Waals surface area contributed by atoms with Crippen LogP contribution >= 0.6 is 0 Å². The van der Waals surface area contributed by atoms with Crippen LogP contribution in [0.15, 0.2) is 42.9 Å². The van der Waals surface area contributed by atoms with Gasteiger partial charge in [-0.25, -0.2) is 14.4 Å². The molecule has 0 radical (unpaired) electrons. The molecular formula is C28H35FN6O2. The van der Waals surface area contributed by atoms with Crippen molar-refractivity contribution in [2.75, 3.05) is 13.6 Å². The maximum Gasteiger partial charge on any atom is 0.245 e. The molecule has 8 nitrogen and oxygen atoms in total. The van der Waals surface area contributed by atoms with Crippen LogP contribution in [0, 0.1) is 11.7 Å². The Balaban J connectivity index is 1.45. The number of likely N-dealkylation sites (tertiary alicyclic amines) is 1. The number of hydrogen-bond donors (Lipinski definition) is 2. The summed E-state index contributed by atoms with van der Waals surface area (Å²) in [4.78, 5) is 37.3. The number of carbonyl (C=O) groups is 2. The monoisotopic (exact) mass is 506 g/mol. The van der Waals surface area contributed by atoms with E-state index in [2.05, 4.69) is 20.6 Å². The highest BCUT2D eigenvalue weighted by molar-refractivity contribution is 5.90. The average molecular weight is 507 g/mol.